The zero-order valence-electron chi connectivity index (χ0n) is 7.42. The van der Waals surface area contributed by atoms with Crippen LogP contribution in [0.5, 0.6) is 0 Å². The Hall–Kier alpha value is -0.570. The van der Waals surface area contributed by atoms with Crippen LogP contribution in [0.2, 0.25) is 10.0 Å². The third-order valence-electron chi connectivity index (χ3n) is 1.78. The lowest BCUT2D eigenvalue weighted by molar-refractivity contribution is 1.27. The second-order valence-electron chi connectivity index (χ2n) is 2.92. The third kappa shape index (κ3) is 1.92. The number of halogens is 2. The summed E-state index contributed by atoms with van der Waals surface area (Å²) in [4.78, 5) is 4.36. The number of aryl methyl sites for hydroxylation is 1. The molecule has 0 atom stereocenters. The molecule has 0 bridgehead atoms. The highest BCUT2D eigenvalue weighted by atomic mass is 35.5. The first-order valence-corrected chi connectivity index (χ1v) is 5.68. The fraction of sp³-hybridized carbons (Fsp3) is 0.100. The monoisotopic (exact) mass is 243 g/mol. The molecule has 14 heavy (non-hydrogen) atoms. The van der Waals surface area contributed by atoms with Crippen LogP contribution in [0.15, 0.2) is 23.6 Å². The highest BCUT2D eigenvalue weighted by Gasteiger charge is 2.07. The SMILES string of the molecule is Cc1csc(-c2ccc(Cl)cc2Cl)n1. The quantitative estimate of drug-likeness (QED) is 0.723. The van der Waals surface area contributed by atoms with Gasteiger partial charge in [0.2, 0.25) is 0 Å². The molecule has 0 saturated carbocycles. The molecule has 2 aromatic rings. The van der Waals surface area contributed by atoms with E-state index in [1.165, 1.54) is 0 Å². The van der Waals surface area contributed by atoms with Crippen LogP contribution in [0.4, 0.5) is 0 Å². The first kappa shape index (κ1) is 9.97. The molecule has 0 amide bonds. The Bertz CT molecular complexity index is 465. The molecule has 0 aliphatic carbocycles. The third-order valence-corrected chi connectivity index (χ3v) is 3.32. The van der Waals surface area contributed by atoms with Crippen molar-refractivity contribution in [1.82, 2.24) is 4.98 Å². The van der Waals surface area contributed by atoms with Crippen molar-refractivity contribution >= 4 is 34.5 Å². The topological polar surface area (TPSA) is 12.9 Å². The van der Waals surface area contributed by atoms with Crippen LogP contribution in [0.25, 0.3) is 10.6 Å². The van der Waals surface area contributed by atoms with Gasteiger partial charge in [0.15, 0.2) is 0 Å². The highest BCUT2D eigenvalue weighted by Crippen LogP contribution is 2.32. The van der Waals surface area contributed by atoms with Crippen LogP contribution in [-0.4, -0.2) is 4.98 Å². The molecule has 1 aromatic heterocycles. The van der Waals surface area contributed by atoms with Crippen molar-refractivity contribution in [2.24, 2.45) is 0 Å². The zero-order chi connectivity index (χ0) is 10.1. The van der Waals surface area contributed by atoms with E-state index in [9.17, 15) is 0 Å². The number of benzene rings is 1. The average Bonchev–Trinajstić information content (AvgIpc) is 2.51. The smallest absolute Gasteiger partial charge is 0.125 e. The van der Waals surface area contributed by atoms with Gasteiger partial charge in [-0.05, 0) is 25.1 Å². The molecular weight excluding hydrogens is 237 g/mol. The van der Waals surface area contributed by atoms with E-state index in [-0.39, 0.29) is 0 Å². The number of hydrogen-bond donors (Lipinski definition) is 0. The minimum Gasteiger partial charge on any atom is -0.241 e. The van der Waals surface area contributed by atoms with Gasteiger partial charge in [-0.15, -0.1) is 11.3 Å². The van der Waals surface area contributed by atoms with Gasteiger partial charge in [0.25, 0.3) is 0 Å². The van der Waals surface area contributed by atoms with Crippen LogP contribution in [0.1, 0.15) is 5.69 Å². The molecule has 0 fully saturated rings. The molecule has 1 heterocycles. The molecule has 72 valence electrons. The molecule has 4 heteroatoms. The average molecular weight is 244 g/mol. The van der Waals surface area contributed by atoms with E-state index < -0.39 is 0 Å². The van der Waals surface area contributed by atoms with Gasteiger partial charge >= 0.3 is 0 Å². The molecule has 2 rings (SSSR count). The Labute approximate surface area is 96.3 Å². The predicted octanol–water partition coefficient (Wildman–Crippen LogP) is 4.43. The molecule has 0 saturated heterocycles. The molecule has 0 spiro atoms. The van der Waals surface area contributed by atoms with Gasteiger partial charge in [-0.3, -0.25) is 0 Å². The minimum absolute atomic E-state index is 0.645. The summed E-state index contributed by atoms with van der Waals surface area (Å²) in [6.07, 6.45) is 0. The highest BCUT2D eigenvalue weighted by molar-refractivity contribution is 7.13. The lowest BCUT2D eigenvalue weighted by atomic mass is 10.2. The number of hydrogen-bond acceptors (Lipinski definition) is 2. The van der Waals surface area contributed by atoms with Crippen molar-refractivity contribution in [3.8, 4) is 10.6 Å². The summed E-state index contributed by atoms with van der Waals surface area (Å²) in [5.74, 6) is 0. The second-order valence-corrected chi connectivity index (χ2v) is 4.62. The summed E-state index contributed by atoms with van der Waals surface area (Å²) in [6, 6.07) is 5.44. The lowest BCUT2D eigenvalue weighted by Crippen LogP contribution is -1.78. The van der Waals surface area contributed by atoms with Gasteiger partial charge in [0.1, 0.15) is 5.01 Å². The Balaban J connectivity index is 2.52. The van der Waals surface area contributed by atoms with E-state index in [1.54, 1.807) is 17.4 Å². The van der Waals surface area contributed by atoms with Crippen molar-refractivity contribution in [3.63, 3.8) is 0 Å². The second kappa shape index (κ2) is 3.89. The van der Waals surface area contributed by atoms with E-state index in [0.717, 1.165) is 16.3 Å². The predicted molar refractivity (Wildman–Crippen MR) is 62.3 cm³/mol. The maximum atomic E-state index is 6.06. The van der Waals surface area contributed by atoms with Gasteiger partial charge in [0.05, 0.1) is 5.02 Å². The Morgan fingerprint density at radius 3 is 2.64 bits per heavy atom. The van der Waals surface area contributed by atoms with Gasteiger partial charge < -0.3 is 0 Å². The van der Waals surface area contributed by atoms with E-state index in [0.29, 0.717) is 10.0 Å². The fourth-order valence-electron chi connectivity index (χ4n) is 1.14. The number of thiazole rings is 1. The van der Waals surface area contributed by atoms with Crippen molar-refractivity contribution in [1.29, 1.82) is 0 Å². The summed E-state index contributed by atoms with van der Waals surface area (Å²) in [7, 11) is 0. The maximum Gasteiger partial charge on any atom is 0.125 e. The number of nitrogens with zero attached hydrogens (tertiary/aromatic N) is 1. The summed E-state index contributed by atoms with van der Waals surface area (Å²) < 4.78 is 0. The molecule has 0 aliphatic heterocycles. The maximum absolute atomic E-state index is 6.06. The van der Waals surface area contributed by atoms with Crippen molar-refractivity contribution in [2.75, 3.05) is 0 Å². The van der Waals surface area contributed by atoms with Gasteiger partial charge in [-0.1, -0.05) is 23.2 Å². The molecule has 0 N–H and O–H groups in total. The number of rotatable bonds is 1. The molecular formula is C10H7Cl2NS. The largest absolute Gasteiger partial charge is 0.241 e. The first-order chi connectivity index (χ1) is 6.66. The van der Waals surface area contributed by atoms with Crippen LogP contribution in [-0.2, 0) is 0 Å². The van der Waals surface area contributed by atoms with Crippen molar-refractivity contribution in [3.05, 3.63) is 39.3 Å². The molecule has 1 aromatic carbocycles. The van der Waals surface area contributed by atoms with E-state index >= 15 is 0 Å². The fourth-order valence-corrected chi connectivity index (χ4v) is 2.53. The van der Waals surface area contributed by atoms with Crippen LogP contribution in [0, 0.1) is 6.92 Å². The molecule has 0 aliphatic rings. The first-order valence-electron chi connectivity index (χ1n) is 4.04. The van der Waals surface area contributed by atoms with Gasteiger partial charge in [0, 0.05) is 21.7 Å². The standard InChI is InChI=1S/C10H7Cl2NS/c1-6-5-14-10(13-6)8-3-2-7(11)4-9(8)12/h2-5H,1H3. The van der Waals surface area contributed by atoms with E-state index in [4.69, 9.17) is 23.2 Å². The van der Waals surface area contributed by atoms with Gasteiger partial charge in [-0.25, -0.2) is 4.98 Å². The van der Waals surface area contributed by atoms with Gasteiger partial charge in [-0.2, -0.15) is 0 Å². The Morgan fingerprint density at radius 1 is 1.29 bits per heavy atom. The van der Waals surface area contributed by atoms with E-state index in [1.807, 2.05) is 24.4 Å². The van der Waals surface area contributed by atoms with Crippen molar-refractivity contribution in [2.45, 2.75) is 6.92 Å². The van der Waals surface area contributed by atoms with E-state index in [2.05, 4.69) is 4.98 Å². The Morgan fingerprint density at radius 2 is 2.07 bits per heavy atom. The Kier molecular flexibility index (Phi) is 2.77. The summed E-state index contributed by atoms with van der Waals surface area (Å²) >= 11 is 13.4. The normalized spacial score (nSPS) is 10.5. The zero-order valence-corrected chi connectivity index (χ0v) is 9.75. The summed E-state index contributed by atoms with van der Waals surface area (Å²) in [5.41, 5.74) is 1.95. The van der Waals surface area contributed by atoms with Crippen LogP contribution >= 0.6 is 34.5 Å². The number of aromatic nitrogens is 1. The molecule has 1 nitrogen and oxygen atoms in total. The minimum atomic E-state index is 0.645. The molecule has 0 unspecified atom stereocenters. The molecule has 0 radical (unpaired) electrons. The van der Waals surface area contributed by atoms with Crippen molar-refractivity contribution < 1.29 is 0 Å². The summed E-state index contributed by atoms with van der Waals surface area (Å²) in [5, 5.41) is 4.23. The lowest BCUT2D eigenvalue weighted by Gasteiger charge is -1.99. The van der Waals surface area contributed by atoms with Crippen LogP contribution in [0.3, 0.4) is 0 Å². The summed E-state index contributed by atoms with van der Waals surface area (Å²) in [6.45, 7) is 1.96. The van der Waals surface area contributed by atoms with Crippen LogP contribution < -0.4 is 0 Å².